The van der Waals surface area contributed by atoms with Gasteiger partial charge in [0.2, 0.25) is 15.9 Å². The monoisotopic (exact) mass is 497 g/mol. The fraction of sp³-hybridized carbons (Fsp3) is 0.963. The Morgan fingerprint density at radius 2 is 1.68 bits per heavy atom. The van der Waals surface area contributed by atoms with Gasteiger partial charge in [0.15, 0.2) is 0 Å². The molecule has 3 N–H and O–H groups in total. The van der Waals surface area contributed by atoms with Crippen LogP contribution in [0, 0.1) is 52.3 Å². The van der Waals surface area contributed by atoms with Crippen molar-refractivity contribution >= 4 is 15.9 Å². The third-order valence-electron chi connectivity index (χ3n) is 11.3. The zero-order chi connectivity index (χ0) is 25.1. The Bertz CT molecular complexity index is 876. The first-order valence-electron chi connectivity index (χ1n) is 13.7. The summed E-state index contributed by atoms with van der Waals surface area (Å²) in [6, 6.07) is 0. The van der Waals surface area contributed by atoms with Crippen LogP contribution in [-0.2, 0) is 14.8 Å². The van der Waals surface area contributed by atoms with Crippen LogP contribution in [-0.4, -0.2) is 43.0 Å². The van der Waals surface area contributed by atoms with Crippen LogP contribution in [0.25, 0.3) is 0 Å². The molecule has 0 heterocycles. The van der Waals surface area contributed by atoms with Gasteiger partial charge in [-0.25, -0.2) is 8.42 Å². The van der Waals surface area contributed by atoms with Crippen LogP contribution in [0.2, 0.25) is 0 Å². The smallest absolute Gasteiger partial charge is 0.233 e. The minimum Gasteiger partial charge on any atom is -0.393 e. The van der Waals surface area contributed by atoms with E-state index >= 15 is 0 Å². The molecule has 0 spiro atoms. The molecule has 11 atom stereocenters. The van der Waals surface area contributed by atoms with Crippen LogP contribution in [0.4, 0.5) is 0 Å². The summed E-state index contributed by atoms with van der Waals surface area (Å²) in [7, 11) is -3.51. The van der Waals surface area contributed by atoms with E-state index in [0.29, 0.717) is 41.9 Å². The van der Waals surface area contributed by atoms with Gasteiger partial charge in [0, 0.05) is 6.42 Å². The molecule has 0 aromatic heterocycles. The van der Waals surface area contributed by atoms with E-state index in [-0.39, 0.29) is 35.4 Å². The standard InChI is InChI=1S/C27H47NO5S/c1-6-18-22-15-17(29)11-13-27(22,4)21-12-14-26(3)19(8-9-20(26)24(21)25(18)31)16(2)7-10-23(30)28-34(5,32)33/h16-22,24-25,29,31H,6-15H2,1-5H3,(H,28,30)/t16-,17-,18-,19-,20+,21+,22?,24+,25-,26-,27-/m1/s1. The van der Waals surface area contributed by atoms with E-state index in [9.17, 15) is 23.4 Å². The van der Waals surface area contributed by atoms with Crippen LogP contribution < -0.4 is 4.72 Å². The molecule has 4 rings (SSSR count). The maximum Gasteiger partial charge on any atom is 0.233 e. The highest BCUT2D eigenvalue weighted by Crippen LogP contribution is 2.69. The second-order valence-corrected chi connectivity index (χ2v) is 14.7. The average Bonchev–Trinajstić information content (AvgIpc) is 3.09. The van der Waals surface area contributed by atoms with E-state index in [0.717, 1.165) is 57.6 Å². The van der Waals surface area contributed by atoms with Crippen molar-refractivity contribution < 1.29 is 23.4 Å². The number of rotatable bonds is 6. The van der Waals surface area contributed by atoms with E-state index in [1.54, 1.807) is 0 Å². The minimum absolute atomic E-state index is 0.157. The van der Waals surface area contributed by atoms with Crippen molar-refractivity contribution in [3.8, 4) is 0 Å². The van der Waals surface area contributed by atoms with E-state index in [1.165, 1.54) is 0 Å². The van der Waals surface area contributed by atoms with Gasteiger partial charge >= 0.3 is 0 Å². The molecule has 196 valence electrons. The van der Waals surface area contributed by atoms with Gasteiger partial charge in [0.1, 0.15) is 0 Å². The number of aliphatic hydroxyl groups is 2. The summed E-state index contributed by atoms with van der Waals surface area (Å²) >= 11 is 0. The van der Waals surface area contributed by atoms with Gasteiger partial charge in [-0.05, 0) is 104 Å². The Morgan fingerprint density at radius 1 is 1.03 bits per heavy atom. The maximum atomic E-state index is 12.1. The van der Waals surface area contributed by atoms with Gasteiger partial charge in [-0.1, -0.05) is 34.1 Å². The number of carbonyl (C=O) groups is 1. The molecule has 4 aliphatic carbocycles. The quantitative estimate of drug-likeness (QED) is 0.512. The molecule has 0 aromatic rings. The molecular weight excluding hydrogens is 450 g/mol. The number of sulfonamides is 1. The summed E-state index contributed by atoms with van der Waals surface area (Å²) in [6.45, 7) is 9.34. The molecule has 1 amide bonds. The topological polar surface area (TPSA) is 104 Å². The average molecular weight is 498 g/mol. The molecule has 7 heteroatoms. The highest BCUT2D eigenvalue weighted by atomic mass is 32.2. The van der Waals surface area contributed by atoms with E-state index < -0.39 is 15.9 Å². The number of amides is 1. The van der Waals surface area contributed by atoms with Crippen molar-refractivity contribution in [1.29, 1.82) is 0 Å². The SMILES string of the molecule is CC[C@@H]1C2C[C@H](O)CC[C@]2(C)[C@H]2CC[C@]3(C)[C@@H]([C@H](C)CCC(=O)NS(C)(=O)=O)CC[C@H]3[C@@H]2[C@@H]1O. The third-order valence-corrected chi connectivity index (χ3v) is 11.9. The van der Waals surface area contributed by atoms with Crippen LogP contribution in [0.15, 0.2) is 0 Å². The van der Waals surface area contributed by atoms with Crippen molar-refractivity contribution in [1.82, 2.24) is 4.72 Å². The normalized spacial score (nSPS) is 47.3. The highest BCUT2D eigenvalue weighted by molar-refractivity contribution is 7.89. The lowest BCUT2D eigenvalue weighted by Crippen LogP contribution is -2.62. The summed E-state index contributed by atoms with van der Waals surface area (Å²) in [6.07, 6.45) is 9.78. The first kappa shape index (κ1) is 26.4. The summed E-state index contributed by atoms with van der Waals surface area (Å²) in [5.74, 6) is 2.44. The molecule has 1 unspecified atom stereocenters. The number of carbonyl (C=O) groups excluding carboxylic acids is 1. The maximum absolute atomic E-state index is 12.1. The summed E-state index contributed by atoms with van der Waals surface area (Å²) in [5.41, 5.74) is 0.364. The molecule has 4 aliphatic rings. The highest BCUT2D eigenvalue weighted by Gasteiger charge is 2.64. The molecule has 0 aliphatic heterocycles. The van der Waals surface area contributed by atoms with Crippen molar-refractivity contribution in [3.63, 3.8) is 0 Å². The van der Waals surface area contributed by atoms with Crippen LogP contribution >= 0.6 is 0 Å². The number of hydrogen-bond donors (Lipinski definition) is 3. The van der Waals surface area contributed by atoms with Crippen LogP contribution in [0.5, 0.6) is 0 Å². The second kappa shape index (κ2) is 9.33. The summed E-state index contributed by atoms with van der Waals surface area (Å²) in [4.78, 5) is 12.1. The zero-order valence-electron chi connectivity index (χ0n) is 21.8. The van der Waals surface area contributed by atoms with Crippen molar-refractivity contribution in [2.24, 2.45) is 52.3 Å². The van der Waals surface area contributed by atoms with Gasteiger partial charge < -0.3 is 10.2 Å². The number of hydrogen-bond acceptors (Lipinski definition) is 5. The largest absolute Gasteiger partial charge is 0.393 e. The molecule has 0 bridgehead atoms. The van der Waals surface area contributed by atoms with Crippen molar-refractivity contribution in [2.45, 2.75) is 104 Å². The Kier molecular flexibility index (Phi) is 7.25. The molecule has 0 radical (unpaired) electrons. The first-order chi connectivity index (χ1) is 15.8. The molecule has 0 aromatic carbocycles. The Labute approximate surface area is 206 Å². The predicted molar refractivity (Wildman–Crippen MR) is 133 cm³/mol. The Morgan fingerprint density at radius 3 is 2.32 bits per heavy atom. The van der Waals surface area contributed by atoms with Gasteiger partial charge in [-0.2, -0.15) is 0 Å². The van der Waals surface area contributed by atoms with Crippen LogP contribution in [0.1, 0.15) is 91.9 Å². The lowest BCUT2D eigenvalue weighted by Gasteiger charge is -2.64. The van der Waals surface area contributed by atoms with Crippen molar-refractivity contribution in [3.05, 3.63) is 0 Å². The van der Waals surface area contributed by atoms with Gasteiger partial charge in [0.25, 0.3) is 0 Å². The van der Waals surface area contributed by atoms with Crippen LogP contribution in [0.3, 0.4) is 0 Å². The predicted octanol–water partition coefficient (Wildman–Crippen LogP) is 4.11. The van der Waals surface area contributed by atoms with Gasteiger partial charge in [-0.3, -0.25) is 9.52 Å². The van der Waals surface area contributed by atoms with Crippen molar-refractivity contribution in [2.75, 3.05) is 6.26 Å². The fourth-order valence-electron chi connectivity index (χ4n) is 9.75. The molecule has 4 saturated carbocycles. The van der Waals surface area contributed by atoms with E-state index in [2.05, 4.69) is 32.4 Å². The van der Waals surface area contributed by atoms with E-state index in [1.807, 2.05) is 0 Å². The first-order valence-corrected chi connectivity index (χ1v) is 15.6. The summed E-state index contributed by atoms with van der Waals surface area (Å²) < 4.78 is 24.8. The number of fused-ring (bicyclic) bond motifs is 5. The molecule has 6 nitrogen and oxygen atoms in total. The second-order valence-electron chi connectivity index (χ2n) is 12.9. The zero-order valence-corrected chi connectivity index (χ0v) is 22.6. The molecule has 4 fully saturated rings. The van der Waals surface area contributed by atoms with Gasteiger partial charge in [-0.15, -0.1) is 0 Å². The lowest BCUT2D eigenvalue weighted by molar-refractivity contribution is -0.203. The fourth-order valence-corrected chi connectivity index (χ4v) is 10.3. The van der Waals surface area contributed by atoms with Gasteiger partial charge in [0.05, 0.1) is 18.5 Å². The Hall–Kier alpha value is -0.660. The third kappa shape index (κ3) is 4.47. The molecule has 0 saturated heterocycles. The Balaban J connectivity index is 1.52. The minimum atomic E-state index is -3.51. The molecular formula is C27H47NO5S. The van der Waals surface area contributed by atoms with E-state index in [4.69, 9.17) is 0 Å². The molecule has 34 heavy (non-hydrogen) atoms. The number of nitrogens with one attached hydrogen (secondary N) is 1. The summed E-state index contributed by atoms with van der Waals surface area (Å²) in [5, 5.41) is 22.2. The lowest BCUT2D eigenvalue weighted by atomic mass is 9.41. The number of aliphatic hydroxyl groups excluding tert-OH is 2.